The zero-order valence-corrected chi connectivity index (χ0v) is 11.7. The first kappa shape index (κ1) is 13.4. The molecule has 7 heteroatoms. The summed E-state index contributed by atoms with van der Waals surface area (Å²) in [6.45, 7) is 2.60. The van der Waals surface area contributed by atoms with Gasteiger partial charge in [-0.15, -0.1) is 0 Å². The standard InChI is InChI=1S/C14H16N4O3/c1-10(18-8-15-7-17-18)14(19)16-5-4-11-2-3-12-13(6-11)21-9-20-12/h2-3,6-8,10H,4-5,9H2,1H3,(H,16,19)/t10-/m1/s1. The van der Waals surface area contributed by atoms with Crippen LogP contribution >= 0.6 is 0 Å². The molecule has 0 unspecified atom stereocenters. The summed E-state index contributed by atoms with van der Waals surface area (Å²) in [5.74, 6) is 1.44. The van der Waals surface area contributed by atoms with Gasteiger partial charge in [-0.25, -0.2) is 9.67 Å². The van der Waals surface area contributed by atoms with Gasteiger partial charge in [-0.3, -0.25) is 4.79 Å². The average Bonchev–Trinajstić information content (AvgIpc) is 3.17. The van der Waals surface area contributed by atoms with Crippen LogP contribution in [0.4, 0.5) is 0 Å². The molecule has 0 radical (unpaired) electrons. The topological polar surface area (TPSA) is 78.3 Å². The lowest BCUT2D eigenvalue weighted by Gasteiger charge is -2.12. The van der Waals surface area contributed by atoms with Crippen molar-refractivity contribution in [3.8, 4) is 11.5 Å². The molecule has 110 valence electrons. The summed E-state index contributed by atoms with van der Waals surface area (Å²) >= 11 is 0. The number of nitrogens with zero attached hydrogens (tertiary/aromatic N) is 3. The fraction of sp³-hybridized carbons (Fsp3) is 0.357. The number of fused-ring (bicyclic) bond motifs is 1. The maximum absolute atomic E-state index is 12.0. The van der Waals surface area contributed by atoms with Gasteiger partial charge in [-0.1, -0.05) is 6.07 Å². The van der Waals surface area contributed by atoms with Gasteiger partial charge in [0, 0.05) is 6.54 Å². The van der Waals surface area contributed by atoms with Gasteiger partial charge < -0.3 is 14.8 Å². The molecular formula is C14H16N4O3. The molecule has 1 aromatic heterocycles. The smallest absolute Gasteiger partial charge is 0.244 e. The first-order valence-corrected chi connectivity index (χ1v) is 6.74. The second kappa shape index (κ2) is 5.82. The molecule has 7 nitrogen and oxygen atoms in total. The van der Waals surface area contributed by atoms with Crippen molar-refractivity contribution in [1.82, 2.24) is 20.1 Å². The lowest BCUT2D eigenvalue weighted by atomic mass is 10.1. The quantitative estimate of drug-likeness (QED) is 0.885. The van der Waals surface area contributed by atoms with Crippen LogP contribution in [-0.4, -0.2) is 34.0 Å². The predicted octanol–water partition coefficient (Wildman–Crippen LogP) is 0.927. The normalized spacial score (nSPS) is 14.0. The number of nitrogens with one attached hydrogen (secondary N) is 1. The second-order valence-corrected chi connectivity index (χ2v) is 4.78. The minimum absolute atomic E-state index is 0.0822. The molecule has 2 heterocycles. The molecular weight excluding hydrogens is 272 g/mol. The van der Waals surface area contributed by atoms with Crippen molar-refractivity contribution in [2.24, 2.45) is 0 Å². The van der Waals surface area contributed by atoms with E-state index in [2.05, 4.69) is 15.4 Å². The second-order valence-electron chi connectivity index (χ2n) is 4.78. The van der Waals surface area contributed by atoms with Gasteiger partial charge in [-0.2, -0.15) is 5.10 Å². The van der Waals surface area contributed by atoms with Gasteiger partial charge in [0.05, 0.1) is 0 Å². The van der Waals surface area contributed by atoms with Gasteiger partial charge in [-0.05, 0) is 31.0 Å². The van der Waals surface area contributed by atoms with E-state index in [1.165, 1.54) is 17.3 Å². The molecule has 1 N–H and O–H groups in total. The molecule has 3 rings (SSSR count). The number of carbonyl (C=O) groups is 1. The fourth-order valence-corrected chi connectivity index (χ4v) is 2.11. The Bertz CT molecular complexity index is 627. The summed E-state index contributed by atoms with van der Waals surface area (Å²) in [7, 11) is 0. The summed E-state index contributed by atoms with van der Waals surface area (Å²) < 4.78 is 12.1. The highest BCUT2D eigenvalue weighted by Crippen LogP contribution is 2.32. The van der Waals surface area contributed by atoms with E-state index in [9.17, 15) is 4.79 Å². The van der Waals surface area contributed by atoms with E-state index in [0.717, 1.165) is 23.5 Å². The molecule has 1 atom stereocenters. The monoisotopic (exact) mass is 288 g/mol. The number of amides is 1. The lowest BCUT2D eigenvalue weighted by molar-refractivity contribution is -0.124. The van der Waals surface area contributed by atoms with Crippen LogP contribution in [0.25, 0.3) is 0 Å². The van der Waals surface area contributed by atoms with Crippen molar-refractivity contribution in [3.63, 3.8) is 0 Å². The van der Waals surface area contributed by atoms with Crippen molar-refractivity contribution in [3.05, 3.63) is 36.4 Å². The third kappa shape index (κ3) is 2.96. The van der Waals surface area contributed by atoms with Gasteiger partial charge >= 0.3 is 0 Å². The Balaban J connectivity index is 1.51. The van der Waals surface area contributed by atoms with Crippen LogP contribution in [0, 0.1) is 0 Å². The van der Waals surface area contributed by atoms with Crippen LogP contribution in [0.1, 0.15) is 18.5 Å². The maximum Gasteiger partial charge on any atom is 0.244 e. The van der Waals surface area contributed by atoms with Gasteiger partial charge in [0.25, 0.3) is 0 Å². The molecule has 1 aliphatic rings. The van der Waals surface area contributed by atoms with Crippen LogP contribution in [0.5, 0.6) is 11.5 Å². The third-order valence-corrected chi connectivity index (χ3v) is 3.36. The van der Waals surface area contributed by atoms with E-state index in [-0.39, 0.29) is 18.7 Å². The van der Waals surface area contributed by atoms with Gasteiger partial charge in [0.1, 0.15) is 18.7 Å². The van der Waals surface area contributed by atoms with Crippen LogP contribution in [-0.2, 0) is 11.2 Å². The zero-order chi connectivity index (χ0) is 14.7. The Morgan fingerprint density at radius 2 is 2.29 bits per heavy atom. The molecule has 1 aliphatic heterocycles. The molecule has 1 aromatic carbocycles. The molecule has 0 saturated carbocycles. The van der Waals surface area contributed by atoms with Gasteiger partial charge in [0.2, 0.25) is 12.7 Å². The maximum atomic E-state index is 12.0. The number of hydrogen-bond donors (Lipinski definition) is 1. The number of carbonyl (C=O) groups excluding carboxylic acids is 1. The molecule has 21 heavy (non-hydrogen) atoms. The summed E-state index contributed by atoms with van der Waals surface area (Å²) in [5, 5.41) is 6.84. The van der Waals surface area contributed by atoms with E-state index in [1.54, 1.807) is 6.92 Å². The number of benzene rings is 1. The van der Waals surface area contributed by atoms with Crippen molar-refractivity contribution in [1.29, 1.82) is 0 Å². The first-order valence-electron chi connectivity index (χ1n) is 6.74. The van der Waals surface area contributed by atoms with Crippen molar-refractivity contribution in [2.45, 2.75) is 19.4 Å². The zero-order valence-electron chi connectivity index (χ0n) is 11.7. The number of ether oxygens (including phenoxy) is 2. The highest BCUT2D eigenvalue weighted by Gasteiger charge is 2.15. The fourth-order valence-electron chi connectivity index (χ4n) is 2.11. The molecule has 0 spiro atoms. The highest BCUT2D eigenvalue weighted by atomic mass is 16.7. The summed E-state index contributed by atoms with van der Waals surface area (Å²) in [5.41, 5.74) is 1.09. The summed E-state index contributed by atoms with van der Waals surface area (Å²) in [4.78, 5) is 15.8. The molecule has 2 aromatic rings. The van der Waals surface area contributed by atoms with E-state index in [1.807, 2.05) is 18.2 Å². The first-order chi connectivity index (χ1) is 10.2. The van der Waals surface area contributed by atoms with Crippen molar-refractivity contribution in [2.75, 3.05) is 13.3 Å². The van der Waals surface area contributed by atoms with Crippen molar-refractivity contribution >= 4 is 5.91 Å². The van der Waals surface area contributed by atoms with Crippen LogP contribution in [0.2, 0.25) is 0 Å². The average molecular weight is 288 g/mol. The SMILES string of the molecule is C[C@H](C(=O)NCCc1ccc2c(c1)OCO2)n1cncn1. The van der Waals surface area contributed by atoms with Crippen molar-refractivity contribution < 1.29 is 14.3 Å². The Labute approximate surface area is 121 Å². The summed E-state index contributed by atoms with van der Waals surface area (Å²) in [6.07, 6.45) is 3.67. The molecule has 0 bridgehead atoms. The molecule has 0 saturated heterocycles. The predicted molar refractivity (Wildman–Crippen MR) is 74.0 cm³/mol. The number of hydrogen-bond acceptors (Lipinski definition) is 5. The number of aromatic nitrogens is 3. The van der Waals surface area contributed by atoms with Crippen LogP contribution in [0.15, 0.2) is 30.9 Å². The van der Waals surface area contributed by atoms with Crippen LogP contribution < -0.4 is 14.8 Å². The minimum atomic E-state index is -0.371. The van der Waals surface area contributed by atoms with Crippen LogP contribution in [0.3, 0.4) is 0 Å². The van der Waals surface area contributed by atoms with E-state index in [0.29, 0.717) is 6.54 Å². The minimum Gasteiger partial charge on any atom is -0.454 e. The Morgan fingerprint density at radius 1 is 1.43 bits per heavy atom. The Morgan fingerprint density at radius 3 is 3.10 bits per heavy atom. The van der Waals surface area contributed by atoms with E-state index < -0.39 is 0 Å². The lowest BCUT2D eigenvalue weighted by Crippen LogP contribution is -2.32. The molecule has 0 aliphatic carbocycles. The largest absolute Gasteiger partial charge is 0.454 e. The highest BCUT2D eigenvalue weighted by molar-refractivity contribution is 5.79. The molecule has 1 amide bonds. The van der Waals surface area contributed by atoms with Gasteiger partial charge in [0.15, 0.2) is 11.5 Å². The number of rotatable bonds is 5. The Kier molecular flexibility index (Phi) is 3.72. The van der Waals surface area contributed by atoms with E-state index >= 15 is 0 Å². The Hall–Kier alpha value is -2.57. The summed E-state index contributed by atoms with van der Waals surface area (Å²) in [6, 6.07) is 5.43. The van der Waals surface area contributed by atoms with E-state index in [4.69, 9.17) is 9.47 Å². The molecule has 0 fully saturated rings. The third-order valence-electron chi connectivity index (χ3n) is 3.36.